The molecule has 0 saturated carbocycles. The molecule has 4 nitrogen and oxygen atoms in total. The molecule has 0 radical (unpaired) electrons. The first-order valence-electron chi connectivity index (χ1n) is 5.52. The van der Waals surface area contributed by atoms with Gasteiger partial charge in [-0.05, 0) is 39.2 Å². The Balaban J connectivity index is 2.27. The summed E-state index contributed by atoms with van der Waals surface area (Å²) in [5.74, 6) is 0.884. The van der Waals surface area contributed by atoms with E-state index in [0.717, 1.165) is 5.82 Å². The molecule has 1 aliphatic rings. The maximum atomic E-state index is 10.9. The van der Waals surface area contributed by atoms with E-state index in [-0.39, 0.29) is 5.56 Å². The summed E-state index contributed by atoms with van der Waals surface area (Å²) in [7, 11) is 0. The molecule has 0 aliphatic carbocycles. The van der Waals surface area contributed by atoms with Crippen LogP contribution in [-0.2, 0) is 0 Å². The number of aromatic nitrogens is 2. The van der Waals surface area contributed by atoms with Gasteiger partial charge in [0.15, 0.2) is 0 Å². The van der Waals surface area contributed by atoms with E-state index in [4.69, 9.17) is 0 Å². The standard InChI is InChI=1S/C11H17N3O/c1-8-4-3-5-9(2)14(8)10-6-7-11(15)13-12-10/h6-9H,3-5H2,1-2H3,(H,13,15)/t8-,9+. The van der Waals surface area contributed by atoms with Crippen molar-refractivity contribution in [2.75, 3.05) is 4.90 Å². The van der Waals surface area contributed by atoms with Gasteiger partial charge in [0.05, 0.1) is 0 Å². The second-order valence-corrected chi connectivity index (χ2v) is 4.32. The Morgan fingerprint density at radius 3 is 2.53 bits per heavy atom. The molecule has 0 aromatic carbocycles. The molecule has 0 unspecified atom stereocenters. The van der Waals surface area contributed by atoms with E-state index in [1.165, 1.54) is 25.3 Å². The minimum Gasteiger partial charge on any atom is -0.350 e. The van der Waals surface area contributed by atoms with Crippen LogP contribution in [0, 0.1) is 0 Å². The second-order valence-electron chi connectivity index (χ2n) is 4.32. The van der Waals surface area contributed by atoms with E-state index in [9.17, 15) is 4.79 Å². The van der Waals surface area contributed by atoms with Crippen LogP contribution in [-0.4, -0.2) is 22.3 Å². The third-order valence-corrected chi connectivity index (χ3v) is 3.12. The van der Waals surface area contributed by atoms with Gasteiger partial charge in [0.25, 0.3) is 5.56 Å². The van der Waals surface area contributed by atoms with Gasteiger partial charge in [-0.2, -0.15) is 5.10 Å². The zero-order valence-corrected chi connectivity index (χ0v) is 9.23. The Bertz CT molecular complexity index is 357. The van der Waals surface area contributed by atoms with Crippen LogP contribution in [0.25, 0.3) is 0 Å². The Morgan fingerprint density at radius 2 is 2.00 bits per heavy atom. The van der Waals surface area contributed by atoms with Gasteiger partial charge < -0.3 is 4.90 Å². The predicted molar refractivity (Wildman–Crippen MR) is 60.1 cm³/mol. The van der Waals surface area contributed by atoms with Crippen LogP contribution in [0.1, 0.15) is 33.1 Å². The van der Waals surface area contributed by atoms with E-state index in [1.54, 1.807) is 6.07 Å². The number of piperidine rings is 1. The highest BCUT2D eigenvalue weighted by atomic mass is 16.1. The quantitative estimate of drug-likeness (QED) is 0.760. The molecule has 1 aliphatic heterocycles. The molecule has 1 aromatic heterocycles. The number of anilines is 1. The van der Waals surface area contributed by atoms with E-state index in [2.05, 4.69) is 28.9 Å². The molecule has 0 amide bonds. The molecule has 82 valence electrons. The number of H-pyrrole nitrogens is 1. The number of nitrogens with one attached hydrogen (secondary N) is 1. The summed E-state index contributed by atoms with van der Waals surface area (Å²) >= 11 is 0. The summed E-state index contributed by atoms with van der Waals surface area (Å²) in [6, 6.07) is 4.35. The zero-order valence-electron chi connectivity index (χ0n) is 9.23. The lowest BCUT2D eigenvalue weighted by atomic mass is 9.98. The van der Waals surface area contributed by atoms with Gasteiger partial charge in [0.1, 0.15) is 5.82 Å². The molecule has 2 heterocycles. The van der Waals surface area contributed by atoms with Crippen LogP contribution < -0.4 is 10.5 Å². The molecule has 1 aromatic rings. The first-order chi connectivity index (χ1) is 7.18. The lowest BCUT2D eigenvalue weighted by Crippen LogP contribution is -2.44. The largest absolute Gasteiger partial charge is 0.350 e. The fraction of sp³-hybridized carbons (Fsp3) is 0.636. The maximum Gasteiger partial charge on any atom is 0.264 e. The molecule has 2 atom stereocenters. The Morgan fingerprint density at radius 1 is 1.33 bits per heavy atom. The average Bonchev–Trinajstić information content (AvgIpc) is 2.20. The van der Waals surface area contributed by atoms with Crippen LogP contribution in [0.5, 0.6) is 0 Å². The molecular formula is C11H17N3O. The smallest absolute Gasteiger partial charge is 0.264 e. The van der Waals surface area contributed by atoms with Crippen molar-refractivity contribution in [2.45, 2.75) is 45.2 Å². The van der Waals surface area contributed by atoms with E-state index in [1.807, 2.05) is 0 Å². The number of nitrogens with zero attached hydrogens (tertiary/aromatic N) is 2. The Hall–Kier alpha value is -1.32. The topological polar surface area (TPSA) is 49.0 Å². The summed E-state index contributed by atoms with van der Waals surface area (Å²) in [6.45, 7) is 4.42. The zero-order chi connectivity index (χ0) is 10.8. The normalized spacial score (nSPS) is 26.7. The molecule has 1 N–H and O–H groups in total. The third kappa shape index (κ3) is 2.03. The summed E-state index contributed by atoms with van der Waals surface area (Å²) in [5, 5.41) is 6.58. The minimum atomic E-state index is -0.143. The van der Waals surface area contributed by atoms with Crippen LogP contribution in [0.4, 0.5) is 5.82 Å². The van der Waals surface area contributed by atoms with Crippen molar-refractivity contribution in [3.8, 4) is 0 Å². The number of hydrogen-bond acceptors (Lipinski definition) is 3. The van der Waals surface area contributed by atoms with Crippen molar-refractivity contribution in [2.24, 2.45) is 0 Å². The SMILES string of the molecule is C[C@@H]1CCC[C@H](C)N1c1ccc(=O)[nH]n1. The minimum absolute atomic E-state index is 0.143. The Labute approximate surface area is 89.3 Å². The van der Waals surface area contributed by atoms with Crippen LogP contribution >= 0.6 is 0 Å². The second kappa shape index (κ2) is 4.04. The highest BCUT2D eigenvalue weighted by Crippen LogP contribution is 2.26. The fourth-order valence-electron chi connectivity index (χ4n) is 2.35. The molecule has 2 rings (SSSR count). The highest BCUT2D eigenvalue weighted by Gasteiger charge is 2.25. The van der Waals surface area contributed by atoms with Crippen molar-refractivity contribution >= 4 is 5.82 Å². The highest BCUT2D eigenvalue weighted by molar-refractivity contribution is 5.39. The van der Waals surface area contributed by atoms with E-state index in [0.29, 0.717) is 12.1 Å². The maximum absolute atomic E-state index is 10.9. The van der Waals surface area contributed by atoms with Crippen molar-refractivity contribution in [1.82, 2.24) is 10.2 Å². The molecule has 4 heteroatoms. The predicted octanol–water partition coefficient (Wildman–Crippen LogP) is 1.54. The van der Waals surface area contributed by atoms with E-state index < -0.39 is 0 Å². The number of rotatable bonds is 1. The van der Waals surface area contributed by atoms with Gasteiger partial charge in [-0.25, -0.2) is 5.10 Å². The molecular weight excluding hydrogens is 190 g/mol. The average molecular weight is 207 g/mol. The molecule has 1 fully saturated rings. The Kier molecular flexibility index (Phi) is 2.75. The van der Waals surface area contributed by atoms with E-state index >= 15 is 0 Å². The number of hydrogen-bond donors (Lipinski definition) is 1. The van der Waals surface area contributed by atoms with Gasteiger partial charge in [-0.1, -0.05) is 0 Å². The lowest BCUT2D eigenvalue weighted by Gasteiger charge is -2.39. The van der Waals surface area contributed by atoms with Crippen molar-refractivity contribution in [3.05, 3.63) is 22.5 Å². The van der Waals surface area contributed by atoms with Crippen molar-refractivity contribution in [3.63, 3.8) is 0 Å². The van der Waals surface area contributed by atoms with Crippen molar-refractivity contribution < 1.29 is 0 Å². The van der Waals surface area contributed by atoms with Gasteiger partial charge in [-0.3, -0.25) is 4.79 Å². The summed E-state index contributed by atoms with van der Waals surface area (Å²) < 4.78 is 0. The first-order valence-corrected chi connectivity index (χ1v) is 5.52. The monoisotopic (exact) mass is 207 g/mol. The van der Waals surface area contributed by atoms with Gasteiger partial charge in [0.2, 0.25) is 0 Å². The van der Waals surface area contributed by atoms with Gasteiger partial charge in [0, 0.05) is 18.2 Å². The summed E-state index contributed by atoms with van der Waals surface area (Å²) in [6.07, 6.45) is 3.68. The third-order valence-electron chi connectivity index (χ3n) is 3.12. The van der Waals surface area contributed by atoms with Crippen LogP contribution in [0.15, 0.2) is 16.9 Å². The molecule has 0 spiro atoms. The first kappa shape index (κ1) is 10.2. The fourth-order valence-corrected chi connectivity index (χ4v) is 2.35. The lowest BCUT2D eigenvalue weighted by molar-refractivity contribution is 0.410. The van der Waals surface area contributed by atoms with Crippen LogP contribution in [0.2, 0.25) is 0 Å². The van der Waals surface area contributed by atoms with Crippen LogP contribution in [0.3, 0.4) is 0 Å². The van der Waals surface area contributed by atoms with Gasteiger partial charge in [-0.15, -0.1) is 0 Å². The molecule has 15 heavy (non-hydrogen) atoms. The summed E-state index contributed by atoms with van der Waals surface area (Å²) in [5.41, 5.74) is -0.143. The molecule has 1 saturated heterocycles. The molecule has 0 bridgehead atoms. The summed E-state index contributed by atoms with van der Waals surface area (Å²) in [4.78, 5) is 13.2. The van der Waals surface area contributed by atoms with Gasteiger partial charge >= 0.3 is 0 Å². The van der Waals surface area contributed by atoms with Crippen molar-refractivity contribution in [1.29, 1.82) is 0 Å². The number of aromatic amines is 1.